The molecule has 3 aliphatic rings. The van der Waals surface area contributed by atoms with Crippen LogP contribution in [0.2, 0.25) is 5.02 Å². The van der Waals surface area contributed by atoms with Gasteiger partial charge < -0.3 is 19.4 Å². The van der Waals surface area contributed by atoms with E-state index in [1.165, 1.54) is 12.1 Å². The first kappa shape index (κ1) is 27.3. The molecular formula is C33H33ClFN3O3. The maximum absolute atomic E-state index is 13.9. The van der Waals surface area contributed by atoms with Gasteiger partial charge in [-0.2, -0.15) is 0 Å². The van der Waals surface area contributed by atoms with E-state index >= 15 is 0 Å². The van der Waals surface area contributed by atoms with Gasteiger partial charge in [0, 0.05) is 49.0 Å². The number of piperazine rings is 1. The second-order valence-corrected chi connectivity index (χ2v) is 11.4. The molecule has 2 amide bonds. The van der Waals surface area contributed by atoms with Gasteiger partial charge in [0.15, 0.2) is 5.76 Å². The van der Waals surface area contributed by atoms with Gasteiger partial charge in [-0.3, -0.25) is 9.59 Å². The van der Waals surface area contributed by atoms with Crippen molar-refractivity contribution in [3.05, 3.63) is 106 Å². The predicted molar refractivity (Wildman–Crippen MR) is 158 cm³/mol. The predicted octanol–water partition coefficient (Wildman–Crippen LogP) is 6.15. The van der Waals surface area contributed by atoms with Gasteiger partial charge in [0.05, 0.1) is 6.04 Å². The highest BCUT2D eigenvalue weighted by Crippen LogP contribution is 2.34. The second kappa shape index (κ2) is 12.0. The van der Waals surface area contributed by atoms with Gasteiger partial charge in [0.1, 0.15) is 11.9 Å². The molecule has 212 valence electrons. The van der Waals surface area contributed by atoms with Gasteiger partial charge in [-0.1, -0.05) is 48.4 Å². The minimum Gasteiger partial charge on any atom is -0.482 e. The van der Waals surface area contributed by atoms with Crippen LogP contribution in [-0.2, 0) is 16.1 Å². The van der Waals surface area contributed by atoms with E-state index in [9.17, 15) is 14.0 Å². The highest BCUT2D eigenvalue weighted by Gasteiger charge is 2.41. The lowest BCUT2D eigenvalue weighted by Crippen LogP contribution is -2.54. The Bertz CT molecular complexity index is 1450. The largest absolute Gasteiger partial charge is 0.482 e. The lowest BCUT2D eigenvalue weighted by atomic mass is 9.89. The third-order valence-electron chi connectivity index (χ3n) is 8.26. The fourth-order valence-corrected chi connectivity index (χ4v) is 6.27. The molecule has 0 aromatic heterocycles. The Morgan fingerprint density at radius 1 is 0.951 bits per heavy atom. The van der Waals surface area contributed by atoms with Crippen LogP contribution in [0, 0.1) is 5.82 Å². The monoisotopic (exact) mass is 573 g/mol. The number of hydrogen-bond donors (Lipinski definition) is 0. The molecule has 2 atom stereocenters. The number of benzene rings is 3. The fourth-order valence-electron chi connectivity index (χ4n) is 6.09. The summed E-state index contributed by atoms with van der Waals surface area (Å²) in [5.41, 5.74) is 3.23. The van der Waals surface area contributed by atoms with E-state index in [2.05, 4.69) is 4.90 Å². The van der Waals surface area contributed by atoms with E-state index in [1.807, 2.05) is 52.3 Å². The van der Waals surface area contributed by atoms with E-state index < -0.39 is 0 Å². The average molecular weight is 574 g/mol. The third kappa shape index (κ3) is 6.10. The zero-order valence-electron chi connectivity index (χ0n) is 22.8. The number of carbonyl (C=O) groups is 2. The van der Waals surface area contributed by atoms with E-state index in [0.29, 0.717) is 36.0 Å². The second-order valence-electron chi connectivity index (χ2n) is 11.0. The number of carbonyl (C=O) groups excluding carboxylic acids is 2. The smallest absolute Gasteiger partial charge is 0.289 e. The molecule has 3 fully saturated rings. The normalized spacial score (nSPS) is 22.0. The summed E-state index contributed by atoms with van der Waals surface area (Å²) in [5, 5.41) is 0.703. The number of nitrogens with zero attached hydrogens (tertiary/aromatic N) is 3. The van der Waals surface area contributed by atoms with Crippen molar-refractivity contribution in [2.75, 3.05) is 31.1 Å². The lowest BCUT2D eigenvalue weighted by molar-refractivity contribution is -0.149. The summed E-state index contributed by atoms with van der Waals surface area (Å²) < 4.78 is 20.1. The van der Waals surface area contributed by atoms with Crippen LogP contribution in [-0.4, -0.2) is 59.9 Å². The molecule has 2 aliphatic heterocycles. The van der Waals surface area contributed by atoms with Gasteiger partial charge in [-0.05, 0) is 78.9 Å². The minimum absolute atomic E-state index is 0.00810. The molecule has 6 rings (SSSR count). The molecule has 0 radical (unpaired) electrons. The number of fused-ring (bicyclic) bond motifs is 1. The first-order valence-electron chi connectivity index (χ1n) is 14.3. The van der Waals surface area contributed by atoms with Crippen molar-refractivity contribution in [2.45, 2.75) is 44.4 Å². The molecule has 3 aromatic carbocycles. The number of morpholine rings is 1. The zero-order chi connectivity index (χ0) is 28.3. The Hall–Kier alpha value is -3.84. The molecule has 1 saturated carbocycles. The Kier molecular flexibility index (Phi) is 7.97. The van der Waals surface area contributed by atoms with E-state index in [0.717, 1.165) is 55.6 Å². The molecule has 3 aromatic rings. The first-order chi connectivity index (χ1) is 19.9. The van der Waals surface area contributed by atoms with Crippen LogP contribution in [0.5, 0.6) is 0 Å². The summed E-state index contributed by atoms with van der Waals surface area (Å²) in [4.78, 5) is 32.7. The summed E-state index contributed by atoms with van der Waals surface area (Å²) >= 11 is 6.14. The van der Waals surface area contributed by atoms with Crippen LogP contribution in [0.15, 0.2) is 78.6 Å². The number of anilines is 1. The van der Waals surface area contributed by atoms with Gasteiger partial charge >= 0.3 is 0 Å². The lowest BCUT2D eigenvalue weighted by Gasteiger charge is -2.44. The van der Waals surface area contributed by atoms with Crippen LogP contribution in [0.3, 0.4) is 0 Å². The minimum atomic E-state index is -0.309. The maximum Gasteiger partial charge on any atom is 0.289 e. The van der Waals surface area contributed by atoms with E-state index in [-0.39, 0.29) is 29.8 Å². The van der Waals surface area contributed by atoms with Crippen molar-refractivity contribution in [1.29, 1.82) is 0 Å². The molecule has 8 heteroatoms. The Morgan fingerprint density at radius 2 is 1.71 bits per heavy atom. The number of amides is 2. The van der Waals surface area contributed by atoms with Crippen LogP contribution in [0.4, 0.5) is 10.1 Å². The van der Waals surface area contributed by atoms with Gasteiger partial charge in [0.2, 0.25) is 0 Å². The number of ether oxygens (including phenoxy) is 1. The SMILES string of the molecule is O=C(c1ccc(/C=C2\OC3CCCCC3N(Cc3cccc(F)c3)C2=O)cc1)N1CCN(c2cccc(Cl)c2)CC1. The molecule has 0 N–H and O–H groups in total. The van der Waals surface area contributed by atoms with Gasteiger partial charge in [-0.25, -0.2) is 4.39 Å². The molecule has 1 aliphatic carbocycles. The Labute approximate surface area is 244 Å². The maximum atomic E-state index is 13.9. The van der Waals surface area contributed by atoms with Gasteiger partial charge in [0.25, 0.3) is 11.8 Å². The highest BCUT2D eigenvalue weighted by molar-refractivity contribution is 6.30. The van der Waals surface area contributed by atoms with Crippen molar-refractivity contribution in [3.8, 4) is 0 Å². The Balaban J connectivity index is 1.13. The molecular weight excluding hydrogens is 541 g/mol. The quantitative estimate of drug-likeness (QED) is 0.343. The van der Waals surface area contributed by atoms with Crippen molar-refractivity contribution in [1.82, 2.24) is 9.80 Å². The molecule has 2 unspecified atom stereocenters. The van der Waals surface area contributed by atoms with Crippen molar-refractivity contribution < 1.29 is 18.7 Å². The number of hydrogen-bond acceptors (Lipinski definition) is 4. The summed E-state index contributed by atoms with van der Waals surface area (Å²) in [5.74, 6) is -0.209. The summed E-state index contributed by atoms with van der Waals surface area (Å²) in [7, 11) is 0. The standard InChI is InChI=1S/C33H33ClFN3O3/c34-26-6-4-8-28(21-26)36-15-17-37(18-16-36)32(39)25-13-11-23(12-14-25)20-31-33(40)38(22-24-5-3-7-27(35)19-24)29-9-1-2-10-30(29)41-31/h3-8,11-14,19-21,29-30H,1-2,9-10,15-18,22H2/b31-20-. The average Bonchev–Trinajstić information content (AvgIpc) is 2.99. The van der Waals surface area contributed by atoms with E-state index in [1.54, 1.807) is 24.3 Å². The van der Waals surface area contributed by atoms with Crippen LogP contribution < -0.4 is 4.90 Å². The molecule has 0 spiro atoms. The summed E-state index contributed by atoms with van der Waals surface area (Å²) in [6, 6.07) is 21.5. The molecule has 2 heterocycles. The van der Waals surface area contributed by atoms with Crippen molar-refractivity contribution in [3.63, 3.8) is 0 Å². The number of rotatable bonds is 5. The van der Waals surface area contributed by atoms with E-state index in [4.69, 9.17) is 16.3 Å². The molecule has 2 saturated heterocycles. The zero-order valence-corrected chi connectivity index (χ0v) is 23.6. The summed E-state index contributed by atoms with van der Waals surface area (Å²) in [6.07, 6.45) is 5.54. The van der Waals surface area contributed by atoms with Crippen molar-refractivity contribution >= 4 is 35.2 Å². The first-order valence-corrected chi connectivity index (χ1v) is 14.7. The highest BCUT2D eigenvalue weighted by atomic mass is 35.5. The van der Waals surface area contributed by atoms with Crippen LogP contribution in [0.25, 0.3) is 6.08 Å². The number of halogens is 2. The molecule has 0 bridgehead atoms. The Morgan fingerprint density at radius 3 is 2.46 bits per heavy atom. The molecule has 6 nitrogen and oxygen atoms in total. The van der Waals surface area contributed by atoms with Gasteiger partial charge in [-0.15, -0.1) is 0 Å². The van der Waals surface area contributed by atoms with Crippen LogP contribution >= 0.6 is 11.6 Å². The molecule has 41 heavy (non-hydrogen) atoms. The summed E-state index contributed by atoms with van der Waals surface area (Å²) in [6.45, 7) is 3.08. The third-order valence-corrected chi connectivity index (χ3v) is 8.49. The van der Waals surface area contributed by atoms with Crippen molar-refractivity contribution in [2.24, 2.45) is 0 Å². The topological polar surface area (TPSA) is 53.1 Å². The fraction of sp³-hybridized carbons (Fsp3) is 0.333. The van der Waals surface area contributed by atoms with Crippen LogP contribution in [0.1, 0.15) is 47.2 Å².